The monoisotopic (exact) mass is 372 g/mol. The van der Waals surface area contributed by atoms with Crippen molar-refractivity contribution in [3.8, 4) is 0 Å². The van der Waals surface area contributed by atoms with E-state index in [4.69, 9.17) is 16.7 Å². The summed E-state index contributed by atoms with van der Waals surface area (Å²) in [6.07, 6.45) is 1.46. The van der Waals surface area contributed by atoms with E-state index in [1.807, 2.05) is 0 Å². The first kappa shape index (κ1) is 15.5. The van der Waals surface area contributed by atoms with Gasteiger partial charge in [-0.05, 0) is 34.1 Å². The number of benzene rings is 1. The molecule has 0 unspecified atom stereocenters. The van der Waals surface area contributed by atoms with Crippen molar-refractivity contribution in [2.24, 2.45) is 0 Å². The van der Waals surface area contributed by atoms with E-state index in [1.165, 1.54) is 10.9 Å². The predicted molar refractivity (Wildman–Crippen MR) is 78.0 cm³/mol. The Morgan fingerprint density at radius 3 is 2.86 bits per heavy atom. The molecule has 2 N–H and O–H groups in total. The van der Waals surface area contributed by atoms with Gasteiger partial charge in [0.1, 0.15) is 12.2 Å². The summed E-state index contributed by atoms with van der Waals surface area (Å²) in [5, 5.41) is 19.2. The van der Waals surface area contributed by atoms with Gasteiger partial charge in [0.15, 0.2) is 0 Å². The highest BCUT2D eigenvalue weighted by Crippen LogP contribution is 2.23. The van der Waals surface area contributed by atoms with E-state index >= 15 is 0 Å². The summed E-state index contributed by atoms with van der Waals surface area (Å²) < 4.78 is 1.81. The molecule has 7 nitrogen and oxygen atoms in total. The fraction of sp³-hybridized carbons (Fsp3) is 0.167. The van der Waals surface area contributed by atoms with Crippen LogP contribution in [-0.2, 0) is 17.9 Å². The summed E-state index contributed by atoms with van der Waals surface area (Å²) in [6, 6.07) is 4.83. The molecule has 0 radical (unpaired) electrons. The third-order valence-corrected chi connectivity index (χ3v) is 3.71. The number of amides is 1. The number of aromatic nitrogens is 3. The van der Waals surface area contributed by atoms with E-state index in [2.05, 4.69) is 31.6 Å². The van der Waals surface area contributed by atoms with Crippen molar-refractivity contribution < 1.29 is 14.7 Å². The summed E-state index contributed by atoms with van der Waals surface area (Å²) in [5.74, 6) is -1.30. The Hall–Kier alpha value is -1.93. The number of hydrogen-bond acceptors (Lipinski definition) is 4. The van der Waals surface area contributed by atoms with Crippen LogP contribution in [0.15, 0.2) is 28.9 Å². The number of carbonyl (C=O) groups excluding carboxylic acids is 1. The minimum Gasteiger partial charge on any atom is -0.480 e. The van der Waals surface area contributed by atoms with E-state index in [0.717, 1.165) is 0 Å². The van der Waals surface area contributed by atoms with Crippen LogP contribution in [0.1, 0.15) is 16.1 Å². The maximum atomic E-state index is 11.9. The average molecular weight is 374 g/mol. The molecule has 1 heterocycles. The second kappa shape index (κ2) is 6.68. The fourth-order valence-electron chi connectivity index (χ4n) is 1.55. The Labute approximate surface area is 133 Å². The Morgan fingerprint density at radius 1 is 1.43 bits per heavy atom. The zero-order chi connectivity index (χ0) is 15.4. The fourth-order valence-corrected chi connectivity index (χ4v) is 2.04. The van der Waals surface area contributed by atoms with Crippen molar-refractivity contribution in [1.29, 1.82) is 0 Å². The van der Waals surface area contributed by atoms with Crippen molar-refractivity contribution in [1.82, 2.24) is 20.3 Å². The van der Waals surface area contributed by atoms with Crippen LogP contribution >= 0.6 is 27.5 Å². The zero-order valence-corrected chi connectivity index (χ0v) is 12.9. The molecule has 0 saturated heterocycles. The second-order valence-corrected chi connectivity index (χ2v) is 5.37. The second-order valence-electron chi connectivity index (χ2n) is 4.11. The van der Waals surface area contributed by atoms with E-state index in [0.29, 0.717) is 20.8 Å². The van der Waals surface area contributed by atoms with E-state index in [9.17, 15) is 9.59 Å². The molecular weight excluding hydrogens is 364 g/mol. The number of rotatable bonds is 5. The number of hydrogen-bond donors (Lipinski definition) is 2. The van der Waals surface area contributed by atoms with Crippen LogP contribution in [-0.4, -0.2) is 32.0 Å². The first-order chi connectivity index (χ1) is 9.95. The molecule has 9 heteroatoms. The molecule has 1 aromatic heterocycles. The number of carboxylic acids is 1. The van der Waals surface area contributed by atoms with Gasteiger partial charge in [0, 0.05) is 10.0 Å². The van der Waals surface area contributed by atoms with Crippen molar-refractivity contribution in [2.75, 3.05) is 0 Å². The molecule has 2 rings (SSSR count). The minimum atomic E-state index is -1.01. The van der Waals surface area contributed by atoms with Crippen LogP contribution < -0.4 is 5.32 Å². The zero-order valence-electron chi connectivity index (χ0n) is 10.6. The van der Waals surface area contributed by atoms with Gasteiger partial charge < -0.3 is 10.4 Å². The third kappa shape index (κ3) is 4.27. The van der Waals surface area contributed by atoms with Crippen molar-refractivity contribution in [2.45, 2.75) is 13.1 Å². The highest BCUT2D eigenvalue weighted by Gasteiger charge is 2.09. The molecule has 1 amide bonds. The molecule has 0 fully saturated rings. The molecule has 2 aromatic rings. The van der Waals surface area contributed by atoms with Crippen LogP contribution in [0.2, 0.25) is 5.02 Å². The average Bonchev–Trinajstić information content (AvgIpc) is 2.86. The van der Waals surface area contributed by atoms with Crippen LogP contribution in [0.25, 0.3) is 0 Å². The van der Waals surface area contributed by atoms with Gasteiger partial charge >= 0.3 is 5.97 Å². The topological polar surface area (TPSA) is 97.1 Å². The lowest BCUT2D eigenvalue weighted by atomic mass is 10.2. The molecule has 0 bridgehead atoms. The van der Waals surface area contributed by atoms with Gasteiger partial charge in [0.25, 0.3) is 5.91 Å². The van der Waals surface area contributed by atoms with Crippen LogP contribution in [0, 0.1) is 0 Å². The number of carbonyl (C=O) groups is 2. The van der Waals surface area contributed by atoms with E-state index < -0.39 is 5.97 Å². The molecule has 0 aliphatic rings. The molecule has 110 valence electrons. The van der Waals surface area contributed by atoms with Crippen molar-refractivity contribution in [3.63, 3.8) is 0 Å². The van der Waals surface area contributed by atoms with Crippen LogP contribution in [0.5, 0.6) is 0 Å². The van der Waals surface area contributed by atoms with Crippen LogP contribution in [0.3, 0.4) is 0 Å². The Morgan fingerprint density at radius 2 is 2.19 bits per heavy atom. The molecule has 21 heavy (non-hydrogen) atoms. The van der Waals surface area contributed by atoms with Crippen LogP contribution in [0.4, 0.5) is 0 Å². The molecule has 0 aliphatic carbocycles. The number of halogens is 2. The van der Waals surface area contributed by atoms with Gasteiger partial charge in [0.2, 0.25) is 0 Å². The smallest absolute Gasteiger partial charge is 0.325 e. The summed E-state index contributed by atoms with van der Waals surface area (Å²) in [6.45, 7) is -0.121. The first-order valence-corrected chi connectivity index (χ1v) is 6.97. The number of nitrogens with one attached hydrogen (secondary N) is 1. The minimum absolute atomic E-state index is 0.151. The summed E-state index contributed by atoms with van der Waals surface area (Å²) in [4.78, 5) is 22.5. The van der Waals surface area contributed by atoms with E-state index in [-0.39, 0.29) is 19.0 Å². The first-order valence-electron chi connectivity index (χ1n) is 5.80. The predicted octanol–water partition coefficient (Wildman–Crippen LogP) is 1.71. The molecule has 0 saturated carbocycles. The summed E-state index contributed by atoms with van der Waals surface area (Å²) in [7, 11) is 0. The SMILES string of the molecule is O=C(O)Cn1cc(CNC(=O)c2ccc(Cl)c(Br)c2)nn1. The van der Waals surface area contributed by atoms with Gasteiger partial charge in [-0.3, -0.25) is 9.59 Å². The lowest BCUT2D eigenvalue weighted by molar-refractivity contribution is -0.137. The Bertz CT molecular complexity index is 689. The standard InChI is InChI=1S/C12H10BrClN4O3/c13-9-3-7(1-2-10(9)14)12(21)15-4-8-5-18(17-16-8)6-11(19)20/h1-3,5H,4,6H2,(H,15,21)(H,19,20). The highest BCUT2D eigenvalue weighted by molar-refractivity contribution is 9.10. The maximum Gasteiger partial charge on any atom is 0.325 e. The van der Waals surface area contributed by atoms with Gasteiger partial charge in [0.05, 0.1) is 17.8 Å². The molecule has 1 aromatic carbocycles. The van der Waals surface area contributed by atoms with Gasteiger partial charge in [-0.15, -0.1) is 5.10 Å². The Kier molecular flexibility index (Phi) is 4.92. The Balaban J connectivity index is 1.95. The lowest BCUT2D eigenvalue weighted by Gasteiger charge is -2.04. The highest BCUT2D eigenvalue weighted by atomic mass is 79.9. The van der Waals surface area contributed by atoms with Crippen molar-refractivity contribution in [3.05, 3.63) is 45.1 Å². The molecule has 0 spiro atoms. The van der Waals surface area contributed by atoms with Gasteiger partial charge in [-0.1, -0.05) is 16.8 Å². The van der Waals surface area contributed by atoms with Crippen molar-refractivity contribution >= 4 is 39.4 Å². The summed E-state index contributed by atoms with van der Waals surface area (Å²) in [5.41, 5.74) is 0.918. The van der Waals surface area contributed by atoms with Gasteiger partial charge in [-0.25, -0.2) is 4.68 Å². The van der Waals surface area contributed by atoms with Gasteiger partial charge in [-0.2, -0.15) is 0 Å². The molecule has 0 aliphatic heterocycles. The molecule has 0 atom stereocenters. The number of aliphatic carboxylic acids is 1. The summed E-state index contributed by atoms with van der Waals surface area (Å²) >= 11 is 9.10. The lowest BCUT2D eigenvalue weighted by Crippen LogP contribution is -2.23. The normalized spacial score (nSPS) is 10.4. The third-order valence-electron chi connectivity index (χ3n) is 2.50. The number of carboxylic acid groups (broad SMARTS) is 1. The quantitative estimate of drug-likeness (QED) is 0.831. The number of nitrogens with zero attached hydrogens (tertiary/aromatic N) is 3. The maximum absolute atomic E-state index is 11.9. The van der Waals surface area contributed by atoms with E-state index in [1.54, 1.807) is 18.2 Å². The molecular formula is C12H10BrClN4O3. The largest absolute Gasteiger partial charge is 0.480 e.